The van der Waals surface area contributed by atoms with E-state index in [1.165, 1.54) is 5.56 Å². The van der Waals surface area contributed by atoms with Crippen LogP contribution in [0.25, 0.3) is 22.3 Å². The van der Waals surface area contributed by atoms with Crippen molar-refractivity contribution in [3.63, 3.8) is 0 Å². The van der Waals surface area contributed by atoms with Crippen molar-refractivity contribution in [1.82, 2.24) is 35.3 Å². The molecule has 198 valence electrons. The van der Waals surface area contributed by atoms with Gasteiger partial charge in [0.1, 0.15) is 5.75 Å². The van der Waals surface area contributed by atoms with Crippen molar-refractivity contribution >= 4 is 22.8 Å². The van der Waals surface area contributed by atoms with E-state index in [0.29, 0.717) is 17.2 Å². The predicted molar refractivity (Wildman–Crippen MR) is 149 cm³/mol. The zero-order valence-corrected chi connectivity index (χ0v) is 22.0. The molecule has 0 radical (unpaired) electrons. The van der Waals surface area contributed by atoms with Gasteiger partial charge in [0.05, 0.1) is 17.3 Å². The van der Waals surface area contributed by atoms with Gasteiger partial charge in [0.15, 0.2) is 11.3 Å². The molecular weight excluding hydrogens is 478 g/mol. The number of phenolic OH excluding ortho intramolecular Hbond substituents is 1. The van der Waals surface area contributed by atoms with Crippen LogP contribution in [-0.4, -0.2) is 67.3 Å². The number of anilines is 2. The summed E-state index contributed by atoms with van der Waals surface area (Å²) in [6.45, 7) is 8.02. The van der Waals surface area contributed by atoms with Crippen LogP contribution in [-0.2, 0) is 0 Å². The first kappa shape index (κ1) is 24.5. The molecule has 10 nitrogen and oxygen atoms in total. The lowest BCUT2D eigenvalue weighted by Gasteiger charge is -2.32. The third-order valence-electron chi connectivity index (χ3n) is 7.62. The molecule has 6 rings (SSSR count). The minimum atomic E-state index is 0.187. The Morgan fingerprint density at radius 3 is 2.45 bits per heavy atom. The molecule has 0 bridgehead atoms. The second-order valence-corrected chi connectivity index (χ2v) is 10.6. The second-order valence-electron chi connectivity index (χ2n) is 10.6. The van der Waals surface area contributed by atoms with Crippen LogP contribution in [0.2, 0.25) is 0 Å². The van der Waals surface area contributed by atoms with Gasteiger partial charge >= 0.3 is 0 Å². The highest BCUT2D eigenvalue weighted by molar-refractivity contribution is 5.88. The number of rotatable bonds is 6. The molecule has 10 heteroatoms. The van der Waals surface area contributed by atoms with Crippen molar-refractivity contribution < 1.29 is 5.11 Å². The van der Waals surface area contributed by atoms with E-state index < -0.39 is 0 Å². The number of phenols is 1. The maximum atomic E-state index is 10.4. The van der Waals surface area contributed by atoms with Crippen LogP contribution < -0.4 is 15.5 Å². The quantitative estimate of drug-likeness (QED) is 0.350. The Bertz CT molecular complexity index is 1390. The summed E-state index contributed by atoms with van der Waals surface area (Å²) in [5.74, 6) is 2.29. The zero-order chi connectivity index (χ0) is 26.1. The SMILES string of the molecule is CC(C)Nc1nn(C2CCN(c3ncc(C4CCNCC4)cn3)CC2)c2cc(-c3ccccc3O)nnc12. The van der Waals surface area contributed by atoms with Gasteiger partial charge < -0.3 is 20.6 Å². The Morgan fingerprint density at radius 2 is 1.74 bits per heavy atom. The van der Waals surface area contributed by atoms with Crippen LogP contribution in [0.15, 0.2) is 42.7 Å². The number of para-hydroxylation sites is 1. The molecule has 0 saturated carbocycles. The molecule has 1 aromatic carbocycles. The topological polar surface area (TPSA) is 117 Å². The maximum Gasteiger partial charge on any atom is 0.225 e. The van der Waals surface area contributed by atoms with Crippen molar-refractivity contribution in [3.8, 4) is 17.0 Å². The van der Waals surface area contributed by atoms with E-state index in [1.807, 2.05) is 30.6 Å². The molecule has 2 aliphatic heterocycles. The van der Waals surface area contributed by atoms with E-state index in [4.69, 9.17) is 15.1 Å². The molecular formula is C28H35N9O. The highest BCUT2D eigenvalue weighted by atomic mass is 16.3. The number of aromatic hydroxyl groups is 1. The molecule has 38 heavy (non-hydrogen) atoms. The summed E-state index contributed by atoms with van der Waals surface area (Å²) in [4.78, 5) is 11.7. The second kappa shape index (κ2) is 10.5. The fourth-order valence-corrected chi connectivity index (χ4v) is 5.58. The monoisotopic (exact) mass is 513 g/mol. The molecule has 3 N–H and O–H groups in total. The molecule has 0 spiro atoms. The number of aromatic nitrogens is 6. The highest BCUT2D eigenvalue weighted by Crippen LogP contribution is 2.34. The third kappa shape index (κ3) is 4.88. The van der Waals surface area contributed by atoms with E-state index in [1.54, 1.807) is 12.1 Å². The Hall–Kier alpha value is -3.79. The van der Waals surface area contributed by atoms with Crippen molar-refractivity contribution in [2.75, 3.05) is 36.4 Å². The molecule has 5 heterocycles. The molecule has 0 aliphatic carbocycles. The minimum absolute atomic E-state index is 0.187. The number of nitrogens with one attached hydrogen (secondary N) is 2. The van der Waals surface area contributed by atoms with Gasteiger partial charge in [-0.1, -0.05) is 12.1 Å². The Labute approximate surface area is 222 Å². The molecule has 2 fully saturated rings. The van der Waals surface area contributed by atoms with Crippen LogP contribution >= 0.6 is 0 Å². The third-order valence-corrected chi connectivity index (χ3v) is 7.62. The zero-order valence-electron chi connectivity index (χ0n) is 22.0. The van der Waals surface area contributed by atoms with Gasteiger partial charge in [-0.25, -0.2) is 9.97 Å². The first-order valence-electron chi connectivity index (χ1n) is 13.7. The smallest absolute Gasteiger partial charge is 0.225 e. The molecule has 0 amide bonds. The Morgan fingerprint density at radius 1 is 1.00 bits per heavy atom. The summed E-state index contributed by atoms with van der Waals surface area (Å²) in [5, 5.41) is 31.2. The number of hydrogen-bond donors (Lipinski definition) is 3. The average Bonchev–Trinajstić information content (AvgIpc) is 3.31. The van der Waals surface area contributed by atoms with Crippen molar-refractivity contribution in [2.24, 2.45) is 0 Å². The minimum Gasteiger partial charge on any atom is -0.507 e. The van der Waals surface area contributed by atoms with E-state index in [-0.39, 0.29) is 17.8 Å². The van der Waals surface area contributed by atoms with Gasteiger partial charge in [0, 0.05) is 37.1 Å². The van der Waals surface area contributed by atoms with E-state index in [9.17, 15) is 5.11 Å². The first-order chi connectivity index (χ1) is 18.6. The van der Waals surface area contributed by atoms with Gasteiger partial charge in [-0.3, -0.25) is 4.68 Å². The fourth-order valence-electron chi connectivity index (χ4n) is 5.58. The Kier molecular flexibility index (Phi) is 6.80. The molecule has 2 saturated heterocycles. The lowest BCUT2D eigenvalue weighted by Crippen LogP contribution is -2.36. The van der Waals surface area contributed by atoms with Gasteiger partial charge in [0.25, 0.3) is 0 Å². The number of nitrogens with zero attached hydrogens (tertiary/aromatic N) is 7. The summed E-state index contributed by atoms with van der Waals surface area (Å²) in [5.41, 5.74) is 4.21. The summed E-state index contributed by atoms with van der Waals surface area (Å²) < 4.78 is 2.09. The van der Waals surface area contributed by atoms with E-state index in [0.717, 1.165) is 74.7 Å². The molecule has 0 unspecified atom stereocenters. The summed E-state index contributed by atoms with van der Waals surface area (Å²) in [7, 11) is 0. The molecule has 0 atom stereocenters. The number of hydrogen-bond acceptors (Lipinski definition) is 9. The lowest BCUT2D eigenvalue weighted by molar-refractivity contribution is 0.374. The van der Waals surface area contributed by atoms with Gasteiger partial charge in [-0.2, -0.15) is 5.10 Å². The van der Waals surface area contributed by atoms with Crippen molar-refractivity contribution in [2.45, 2.75) is 57.5 Å². The highest BCUT2D eigenvalue weighted by Gasteiger charge is 2.27. The van der Waals surface area contributed by atoms with E-state index in [2.05, 4.69) is 44.3 Å². The number of benzene rings is 1. The first-order valence-corrected chi connectivity index (χ1v) is 13.7. The largest absolute Gasteiger partial charge is 0.507 e. The average molecular weight is 514 g/mol. The summed E-state index contributed by atoms with van der Waals surface area (Å²) >= 11 is 0. The molecule has 3 aromatic heterocycles. The van der Waals surface area contributed by atoms with Crippen LogP contribution in [0, 0.1) is 0 Å². The van der Waals surface area contributed by atoms with Gasteiger partial charge in [-0.15, -0.1) is 10.2 Å². The van der Waals surface area contributed by atoms with E-state index >= 15 is 0 Å². The molecule has 4 aromatic rings. The van der Waals surface area contributed by atoms with Crippen molar-refractivity contribution in [1.29, 1.82) is 0 Å². The fraction of sp³-hybridized carbons (Fsp3) is 0.464. The van der Waals surface area contributed by atoms with Crippen LogP contribution in [0.1, 0.15) is 57.1 Å². The van der Waals surface area contributed by atoms with Gasteiger partial charge in [-0.05, 0) is 82.3 Å². The summed E-state index contributed by atoms with van der Waals surface area (Å²) in [6, 6.07) is 9.64. The van der Waals surface area contributed by atoms with Crippen LogP contribution in [0.4, 0.5) is 11.8 Å². The predicted octanol–water partition coefficient (Wildman–Crippen LogP) is 4.12. The normalized spacial score (nSPS) is 17.4. The van der Waals surface area contributed by atoms with Crippen LogP contribution in [0.5, 0.6) is 5.75 Å². The summed E-state index contributed by atoms with van der Waals surface area (Å²) in [6.07, 6.45) is 8.19. The molecule has 2 aliphatic rings. The standard InChI is InChI=1S/C28H35N9O/c1-18(2)32-27-26-24(15-23(33-34-26)22-5-3-4-6-25(22)38)37(35-27)21-9-13-36(14-10-21)28-30-16-20(17-31-28)19-7-11-29-12-8-19/h3-6,15-19,21,29,38H,7-14H2,1-2H3,(H,32,35). The van der Waals surface area contributed by atoms with Crippen molar-refractivity contribution in [3.05, 3.63) is 48.3 Å². The van der Waals surface area contributed by atoms with Crippen LogP contribution in [0.3, 0.4) is 0 Å². The lowest BCUT2D eigenvalue weighted by atomic mass is 9.92. The number of fused-ring (bicyclic) bond motifs is 1. The Balaban J connectivity index is 1.23. The number of piperidine rings is 2. The van der Waals surface area contributed by atoms with Gasteiger partial charge in [0.2, 0.25) is 5.95 Å². The maximum absolute atomic E-state index is 10.4.